The normalized spacial score (nSPS) is 12.7. The van der Waals surface area contributed by atoms with Crippen molar-refractivity contribution in [2.45, 2.75) is 13.0 Å². The molecule has 1 aromatic carbocycles. The summed E-state index contributed by atoms with van der Waals surface area (Å²) in [6.07, 6.45) is 1.39. The molecular formula is C11H10ClF2N3. The number of halogens is 3. The third kappa shape index (κ3) is 2.24. The molecule has 0 bridgehead atoms. The van der Waals surface area contributed by atoms with Gasteiger partial charge in [-0.15, -0.1) is 0 Å². The van der Waals surface area contributed by atoms with E-state index in [1.54, 1.807) is 6.92 Å². The molecule has 2 N–H and O–H groups in total. The average Bonchev–Trinajstić information content (AvgIpc) is 2.57. The number of benzene rings is 1. The van der Waals surface area contributed by atoms with Crippen LogP contribution in [0.3, 0.4) is 0 Å². The summed E-state index contributed by atoms with van der Waals surface area (Å²) in [6.45, 7) is 1.73. The van der Waals surface area contributed by atoms with Crippen molar-refractivity contribution in [3.8, 4) is 0 Å². The summed E-state index contributed by atoms with van der Waals surface area (Å²) in [5.41, 5.74) is 6.14. The molecule has 0 aliphatic rings. The van der Waals surface area contributed by atoms with Gasteiger partial charge in [0.15, 0.2) is 0 Å². The van der Waals surface area contributed by atoms with Gasteiger partial charge < -0.3 is 5.73 Å². The predicted octanol–water partition coefficient (Wildman–Crippen LogP) is 3.01. The monoisotopic (exact) mass is 257 g/mol. The first-order valence-electron chi connectivity index (χ1n) is 4.93. The number of nitrogens with two attached hydrogens (primary N) is 1. The third-order valence-electron chi connectivity index (χ3n) is 2.52. The zero-order valence-corrected chi connectivity index (χ0v) is 9.75. The number of rotatable bonds is 2. The summed E-state index contributed by atoms with van der Waals surface area (Å²) >= 11 is 5.77. The quantitative estimate of drug-likeness (QED) is 0.899. The number of anilines is 1. The summed E-state index contributed by atoms with van der Waals surface area (Å²) in [6, 6.07) is 2.90. The Kier molecular flexibility index (Phi) is 3.02. The molecule has 0 radical (unpaired) electrons. The van der Waals surface area contributed by atoms with Gasteiger partial charge in [0.1, 0.15) is 22.5 Å². The van der Waals surface area contributed by atoms with Gasteiger partial charge in [0.2, 0.25) is 0 Å². The van der Waals surface area contributed by atoms with Crippen LogP contribution < -0.4 is 5.73 Å². The van der Waals surface area contributed by atoms with Crippen molar-refractivity contribution in [3.05, 3.63) is 46.6 Å². The van der Waals surface area contributed by atoms with Crippen LogP contribution >= 0.6 is 11.6 Å². The SMILES string of the molecule is CC(c1cc(F)cc(F)c1)n1ncc(Cl)c1N. The van der Waals surface area contributed by atoms with E-state index in [1.165, 1.54) is 23.0 Å². The molecule has 3 nitrogen and oxygen atoms in total. The van der Waals surface area contributed by atoms with Crippen molar-refractivity contribution >= 4 is 17.4 Å². The maximum atomic E-state index is 13.1. The van der Waals surface area contributed by atoms with Crippen LogP contribution in [0.5, 0.6) is 0 Å². The molecule has 0 saturated heterocycles. The maximum Gasteiger partial charge on any atom is 0.141 e. The maximum absolute atomic E-state index is 13.1. The van der Waals surface area contributed by atoms with Crippen molar-refractivity contribution in [2.75, 3.05) is 5.73 Å². The molecule has 0 amide bonds. The highest BCUT2D eigenvalue weighted by Crippen LogP contribution is 2.26. The minimum atomic E-state index is -0.635. The lowest BCUT2D eigenvalue weighted by atomic mass is 10.1. The summed E-state index contributed by atoms with van der Waals surface area (Å²) in [5.74, 6) is -1.00. The number of hydrogen-bond donors (Lipinski definition) is 1. The standard InChI is InChI=1S/C11H10ClF2N3/c1-6(17-11(15)10(12)5-16-17)7-2-8(13)4-9(14)3-7/h2-6H,15H2,1H3. The largest absolute Gasteiger partial charge is 0.383 e. The molecule has 2 aromatic rings. The Hall–Kier alpha value is -1.62. The van der Waals surface area contributed by atoms with Gasteiger partial charge in [-0.3, -0.25) is 0 Å². The minimum Gasteiger partial charge on any atom is -0.383 e. The Morgan fingerprint density at radius 1 is 1.29 bits per heavy atom. The topological polar surface area (TPSA) is 43.8 Å². The molecule has 6 heteroatoms. The van der Waals surface area contributed by atoms with Crippen molar-refractivity contribution < 1.29 is 8.78 Å². The van der Waals surface area contributed by atoms with E-state index in [0.717, 1.165) is 6.07 Å². The lowest BCUT2D eigenvalue weighted by Gasteiger charge is -2.14. The van der Waals surface area contributed by atoms with Gasteiger partial charge in [-0.1, -0.05) is 11.6 Å². The minimum absolute atomic E-state index is 0.267. The average molecular weight is 258 g/mol. The molecule has 1 heterocycles. The number of nitrogens with zero attached hydrogens (tertiary/aromatic N) is 2. The van der Waals surface area contributed by atoms with Crippen LogP contribution in [-0.4, -0.2) is 9.78 Å². The summed E-state index contributed by atoms with van der Waals surface area (Å²) < 4.78 is 27.6. The van der Waals surface area contributed by atoms with Crippen LogP contribution in [0.4, 0.5) is 14.6 Å². The zero-order chi connectivity index (χ0) is 12.6. The van der Waals surface area contributed by atoms with E-state index in [9.17, 15) is 8.78 Å². The fourth-order valence-corrected chi connectivity index (χ4v) is 1.75. The van der Waals surface area contributed by atoms with Crippen LogP contribution in [0.2, 0.25) is 5.02 Å². The smallest absolute Gasteiger partial charge is 0.141 e. The predicted molar refractivity (Wildman–Crippen MR) is 61.8 cm³/mol. The Morgan fingerprint density at radius 2 is 1.88 bits per heavy atom. The first-order chi connectivity index (χ1) is 7.99. The van der Waals surface area contributed by atoms with E-state index in [0.29, 0.717) is 10.6 Å². The van der Waals surface area contributed by atoms with Crippen molar-refractivity contribution in [2.24, 2.45) is 0 Å². The molecule has 0 saturated carbocycles. The van der Waals surface area contributed by atoms with Gasteiger partial charge in [0.05, 0.1) is 12.2 Å². The van der Waals surface area contributed by atoms with Gasteiger partial charge in [-0.25, -0.2) is 13.5 Å². The second-order valence-electron chi connectivity index (χ2n) is 3.70. The summed E-state index contributed by atoms with van der Waals surface area (Å²) in [7, 11) is 0. The molecule has 1 atom stereocenters. The van der Waals surface area contributed by atoms with Crippen LogP contribution in [0, 0.1) is 11.6 Å². The molecule has 90 valence electrons. The number of nitrogen functional groups attached to an aromatic ring is 1. The summed E-state index contributed by atoms with van der Waals surface area (Å²) in [4.78, 5) is 0. The van der Waals surface area contributed by atoms with Gasteiger partial charge in [0, 0.05) is 6.07 Å². The highest BCUT2D eigenvalue weighted by molar-refractivity contribution is 6.32. The highest BCUT2D eigenvalue weighted by atomic mass is 35.5. The van der Waals surface area contributed by atoms with Crippen LogP contribution in [0.25, 0.3) is 0 Å². The van der Waals surface area contributed by atoms with Crippen LogP contribution in [0.15, 0.2) is 24.4 Å². The number of hydrogen-bond acceptors (Lipinski definition) is 2. The molecule has 1 unspecified atom stereocenters. The second kappa shape index (κ2) is 4.33. The Labute approximate surface area is 102 Å². The van der Waals surface area contributed by atoms with Gasteiger partial charge in [-0.2, -0.15) is 5.10 Å². The van der Waals surface area contributed by atoms with Gasteiger partial charge in [0.25, 0.3) is 0 Å². The Bertz CT molecular complexity index is 533. The lowest BCUT2D eigenvalue weighted by Crippen LogP contribution is -2.12. The number of aromatic nitrogens is 2. The van der Waals surface area contributed by atoms with E-state index >= 15 is 0 Å². The highest BCUT2D eigenvalue weighted by Gasteiger charge is 2.15. The van der Waals surface area contributed by atoms with E-state index < -0.39 is 17.7 Å². The Balaban J connectivity index is 2.43. The Morgan fingerprint density at radius 3 is 2.35 bits per heavy atom. The van der Waals surface area contributed by atoms with Crippen LogP contribution in [0.1, 0.15) is 18.5 Å². The van der Waals surface area contributed by atoms with E-state index in [1.807, 2.05) is 0 Å². The first-order valence-corrected chi connectivity index (χ1v) is 5.31. The van der Waals surface area contributed by atoms with Crippen molar-refractivity contribution in [3.63, 3.8) is 0 Å². The van der Waals surface area contributed by atoms with E-state index in [2.05, 4.69) is 5.10 Å². The van der Waals surface area contributed by atoms with Crippen molar-refractivity contribution in [1.29, 1.82) is 0 Å². The lowest BCUT2D eigenvalue weighted by molar-refractivity contribution is 0.544. The van der Waals surface area contributed by atoms with E-state index in [-0.39, 0.29) is 5.82 Å². The molecule has 0 aliphatic carbocycles. The third-order valence-corrected chi connectivity index (χ3v) is 2.81. The fourth-order valence-electron chi connectivity index (χ4n) is 1.62. The summed E-state index contributed by atoms with van der Waals surface area (Å²) in [5, 5.41) is 4.28. The molecule has 2 rings (SSSR count). The molecule has 1 aromatic heterocycles. The molecule has 0 aliphatic heterocycles. The first kappa shape index (κ1) is 11.9. The van der Waals surface area contributed by atoms with Gasteiger partial charge >= 0.3 is 0 Å². The van der Waals surface area contributed by atoms with Crippen molar-refractivity contribution in [1.82, 2.24) is 9.78 Å². The molecule has 0 spiro atoms. The second-order valence-corrected chi connectivity index (χ2v) is 4.11. The molecular weight excluding hydrogens is 248 g/mol. The zero-order valence-electron chi connectivity index (χ0n) is 8.99. The van der Waals surface area contributed by atoms with Gasteiger partial charge in [-0.05, 0) is 24.6 Å². The molecule has 0 fully saturated rings. The molecule has 17 heavy (non-hydrogen) atoms. The van der Waals surface area contributed by atoms with E-state index in [4.69, 9.17) is 17.3 Å². The van der Waals surface area contributed by atoms with Crippen LogP contribution in [-0.2, 0) is 0 Å². The fraction of sp³-hybridized carbons (Fsp3) is 0.182.